The number of hydrogen-bond donors (Lipinski definition) is 2. The largest absolute Gasteiger partial charge is 0.508 e. The van der Waals surface area contributed by atoms with Gasteiger partial charge in [0.2, 0.25) is 0 Å². The number of rotatable bonds is 5. The number of dihydropyridines is 1. The number of aromatic hydroxyl groups is 1. The fourth-order valence-electron chi connectivity index (χ4n) is 4.59. The molecule has 0 radical (unpaired) electrons. The van der Waals surface area contributed by atoms with Crippen LogP contribution in [0, 0.1) is 0 Å². The van der Waals surface area contributed by atoms with Crippen LogP contribution in [0.3, 0.4) is 0 Å². The Kier molecular flexibility index (Phi) is 6.38. The van der Waals surface area contributed by atoms with E-state index >= 15 is 0 Å². The fraction of sp³-hybridized carbons (Fsp3) is 0.308. The summed E-state index contributed by atoms with van der Waals surface area (Å²) in [6.07, 6.45) is 1.69. The number of carbonyl (C=O) groups is 2. The van der Waals surface area contributed by atoms with Crippen molar-refractivity contribution < 1.29 is 19.4 Å². The Balaban J connectivity index is 1.77. The van der Waals surface area contributed by atoms with Gasteiger partial charge in [0.25, 0.3) is 0 Å². The molecule has 0 fully saturated rings. The van der Waals surface area contributed by atoms with E-state index in [1.54, 1.807) is 18.2 Å². The van der Waals surface area contributed by atoms with E-state index in [1.165, 1.54) is 0 Å². The lowest BCUT2D eigenvalue weighted by Gasteiger charge is -2.36. The summed E-state index contributed by atoms with van der Waals surface area (Å²) < 4.78 is 5.45. The lowest BCUT2D eigenvalue weighted by Crippen LogP contribution is -2.36. The van der Waals surface area contributed by atoms with Gasteiger partial charge in [0.1, 0.15) is 5.75 Å². The van der Waals surface area contributed by atoms with Gasteiger partial charge in [-0.05, 0) is 61.1 Å². The van der Waals surface area contributed by atoms with Gasteiger partial charge in [-0.3, -0.25) is 4.79 Å². The molecule has 1 aliphatic carbocycles. The Bertz CT molecular complexity index is 1120. The van der Waals surface area contributed by atoms with Crippen LogP contribution in [0.4, 0.5) is 0 Å². The zero-order valence-electron chi connectivity index (χ0n) is 18.2. The van der Waals surface area contributed by atoms with Crippen molar-refractivity contribution in [2.75, 3.05) is 6.61 Å². The van der Waals surface area contributed by atoms with E-state index < -0.39 is 11.9 Å². The highest BCUT2D eigenvalue weighted by atomic mass is 35.5. The average Bonchev–Trinajstić information content (AvgIpc) is 2.76. The summed E-state index contributed by atoms with van der Waals surface area (Å²) in [7, 11) is 0. The molecular weight excluding hydrogens is 426 g/mol. The fourth-order valence-corrected chi connectivity index (χ4v) is 4.72. The predicted octanol–water partition coefficient (Wildman–Crippen LogP) is 5.36. The van der Waals surface area contributed by atoms with Crippen molar-refractivity contribution >= 4 is 23.4 Å². The molecule has 0 spiro atoms. The van der Waals surface area contributed by atoms with Crippen molar-refractivity contribution in [1.82, 2.24) is 5.32 Å². The first-order valence-electron chi connectivity index (χ1n) is 10.8. The summed E-state index contributed by atoms with van der Waals surface area (Å²) in [6.45, 7) is 4.07. The molecule has 0 saturated heterocycles. The highest BCUT2D eigenvalue weighted by Crippen LogP contribution is 2.46. The standard InChI is InChI=1S/C26H26ClNO4/c1-3-11-32-26(31)23-15(2)28-21-13-18(16-7-9-19(27)10-8-16)14-22(30)25(21)24(23)17-5-4-6-20(29)12-17/h4-10,12,18,24,28-29H,3,11,13-14H2,1-2H3. The van der Waals surface area contributed by atoms with E-state index in [2.05, 4.69) is 5.32 Å². The summed E-state index contributed by atoms with van der Waals surface area (Å²) in [5, 5.41) is 14.1. The average molecular weight is 452 g/mol. The maximum Gasteiger partial charge on any atom is 0.336 e. The van der Waals surface area contributed by atoms with Crippen molar-refractivity contribution in [3.8, 4) is 5.75 Å². The van der Waals surface area contributed by atoms with Crippen molar-refractivity contribution in [2.45, 2.75) is 44.9 Å². The maximum absolute atomic E-state index is 13.5. The van der Waals surface area contributed by atoms with Crippen LogP contribution in [0.5, 0.6) is 5.75 Å². The van der Waals surface area contributed by atoms with E-state index in [-0.39, 0.29) is 17.5 Å². The van der Waals surface area contributed by atoms with Crippen molar-refractivity contribution in [3.05, 3.63) is 87.2 Å². The molecule has 32 heavy (non-hydrogen) atoms. The molecule has 2 N–H and O–H groups in total. The molecule has 6 heteroatoms. The number of ketones is 1. The first kappa shape index (κ1) is 22.2. The normalized spacial score (nSPS) is 20.7. The molecule has 2 aromatic carbocycles. The molecule has 1 aliphatic heterocycles. The number of ether oxygens (including phenoxy) is 1. The maximum atomic E-state index is 13.5. The Labute approximate surface area is 192 Å². The molecule has 0 saturated carbocycles. The van der Waals surface area contributed by atoms with Crippen LogP contribution in [-0.4, -0.2) is 23.5 Å². The topological polar surface area (TPSA) is 75.6 Å². The molecule has 0 aromatic heterocycles. The minimum Gasteiger partial charge on any atom is -0.508 e. The molecule has 0 amide bonds. The summed E-state index contributed by atoms with van der Waals surface area (Å²) in [4.78, 5) is 26.5. The van der Waals surface area contributed by atoms with Crippen molar-refractivity contribution in [1.29, 1.82) is 0 Å². The second kappa shape index (κ2) is 9.21. The van der Waals surface area contributed by atoms with Crippen molar-refractivity contribution in [3.63, 3.8) is 0 Å². The van der Waals surface area contributed by atoms with Crippen LogP contribution in [-0.2, 0) is 14.3 Å². The SMILES string of the molecule is CCCOC(=O)C1=C(C)NC2=C(C(=O)CC(c3ccc(Cl)cc3)C2)C1c1cccc(O)c1. The third kappa shape index (κ3) is 4.30. The minimum absolute atomic E-state index is 0.0136. The molecule has 1 heterocycles. The Hall–Kier alpha value is -3.05. The number of allylic oxidation sites excluding steroid dienone is 3. The smallest absolute Gasteiger partial charge is 0.336 e. The molecule has 2 unspecified atom stereocenters. The summed E-state index contributed by atoms with van der Waals surface area (Å²) in [6, 6.07) is 14.3. The predicted molar refractivity (Wildman–Crippen MR) is 123 cm³/mol. The molecular formula is C26H26ClNO4. The van der Waals surface area contributed by atoms with Gasteiger partial charge in [0.15, 0.2) is 5.78 Å². The summed E-state index contributed by atoms with van der Waals surface area (Å²) in [5.41, 5.74) is 4.23. The van der Waals surface area contributed by atoms with Gasteiger partial charge in [-0.15, -0.1) is 0 Å². The number of nitrogens with one attached hydrogen (secondary N) is 1. The van der Waals surface area contributed by atoms with Gasteiger partial charge in [0, 0.05) is 34.3 Å². The van der Waals surface area contributed by atoms with E-state index in [9.17, 15) is 14.7 Å². The Morgan fingerprint density at radius 3 is 2.59 bits per heavy atom. The van der Waals surface area contributed by atoms with E-state index in [1.807, 2.05) is 44.2 Å². The monoisotopic (exact) mass is 451 g/mol. The highest BCUT2D eigenvalue weighted by Gasteiger charge is 2.41. The first-order valence-corrected chi connectivity index (χ1v) is 11.2. The third-order valence-electron chi connectivity index (χ3n) is 6.03. The van der Waals surface area contributed by atoms with Crippen molar-refractivity contribution in [2.24, 2.45) is 0 Å². The molecule has 166 valence electrons. The molecule has 5 nitrogen and oxygen atoms in total. The number of esters is 1. The number of halogens is 1. The molecule has 2 aromatic rings. The molecule has 4 rings (SSSR count). The zero-order valence-corrected chi connectivity index (χ0v) is 18.9. The molecule has 0 bridgehead atoms. The van der Waals surface area contributed by atoms with Gasteiger partial charge in [-0.2, -0.15) is 0 Å². The van der Waals surface area contributed by atoms with Crippen LogP contribution in [0.1, 0.15) is 56.1 Å². The van der Waals surface area contributed by atoms with Crippen LogP contribution >= 0.6 is 11.6 Å². The Morgan fingerprint density at radius 1 is 1.16 bits per heavy atom. The van der Waals surface area contributed by atoms with Crippen LogP contribution in [0.25, 0.3) is 0 Å². The van der Waals surface area contributed by atoms with Gasteiger partial charge >= 0.3 is 5.97 Å². The quantitative estimate of drug-likeness (QED) is 0.598. The van der Waals surface area contributed by atoms with Crippen LogP contribution in [0.15, 0.2) is 71.1 Å². The summed E-state index contributed by atoms with van der Waals surface area (Å²) in [5.74, 6) is -0.923. The van der Waals surface area contributed by atoms with Crippen LogP contribution < -0.4 is 5.32 Å². The lowest BCUT2D eigenvalue weighted by atomic mass is 9.71. The number of hydrogen-bond acceptors (Lipinski definition) is 5. The van der Waals surface area contributed by atoms with Crippen LogP contribution in [0.2, 0.25) is 5.02 Å². The van der Waals surface area contributed by atoms with Gasteiger partial charge in [-0.1, -0.05) is 42.8 Å². The zero-order chi connectivity index (χ0) is 22.8. The molecule has 2 atom stereocenters. The Morgan fingerprint density at radius 2 is 1.91 bits per heavy atom. The number of benzene rings is 2. The number of Topliss-reactive ketones (excluding diaryl/α,β-unsaturated/α-hetero) is 1. The lowest BCUT2D eigenvalue weighted by molar-refractivity contribution is -0.139. The third-order valence-corrected chi connectivity index (χ3v) is 6.28. The number of carbonyl (C=O) groups excluding carboxylic acids is 2. The first-order chi connectivity index (χ1) is 15.4. The second-order valence-electron chi connectivity index (χ2n) is 8.30. The minimum atomic E-state index is -0.582. The number of phenols is 1. The van der Waals surface area contributed by atoms with Gasteiger partial charge in [0.05, 0.1) is 12.2 Å². The highest BCUT2D eigenvalue weighted by molar-refractivity contribution is 6.30. The van der Waals surface area contributed by atoms with E-state index in [0.29, 0.717) is 53.3 Å². The number of phenolic OH excluding ortho intramolecular Hbond substituents is 1. The van der Waals surface area contributed by atoms with E-state index in [4.69, 9.17) is 16.3 Å². The second-order valence-corrected chi connectivity index (χ2v) is 8.74. The van der Waals surface area contributed by atoms with Gasteiger partial charge in [-0.25, -0.2) is 4.79 Å². The summed E-state index contributed by atoms with van der Waals surface area (Å²) >= 11 is 6.03. The van der Waals surface area contributed by atoms with E-state index in [0.717, 1.165) is 11.3 Å². The molecule has 2 aliphatic rings. The van der Waals surface area contributed by atoms with Gasteiger partial charge < -0.3 is 15.2 Å².